The van der Waals surface area contributed by atoms with E-state index in [1.54, 1.807) is 0 Å². The predicted octanol–water partition coefficient (Wildman–Crippen LogP) is 4.17. The molecule has 0 bridgehead atoms. The number of halogens is 1. The Bertz CT molecular complexity index is 456. The first-order valence-corrected chi connectivity index (χ1v) is 8.75. The van der Waals surface area contributed by atoms with E-state index in [1.807, 2.05) is 18.2 Å². The van der Waals surface area contributed by atoms with Gasteiger partial charge in [0.25, 0.3) is 0 Å². The molecule has 2 rings (SSSR count). The van der Waals surface area contributed by atoms with Crippen LogP contribution in [0.3, 0.4) is 0 Å². The lowest BCUT2D eigenvalue weighted by Gasteiger charge is -2.35. The van der Waals surface area contributed by atoms with Gasteiger partial charge in [-0.1, -0.05) is 18.5 Å². The standard InChI is InChI=1S/C18H28ClNO2/c1-4-16-11-17(7-8-18(16)19)21-10-6-5-9-20-12-14(2)22-15(3)13-20/h7-8,11,14-15H,4-6,9-10,12-13H2,1-3H3/t14-,15+. The number of unbranched alkanes of at least 4 members (excludes halogenated alkanes) is 1. The summed E-state index contributed by atoms with van der Waals surface area (Å²) in [6.45, 7) is 10.4. The van der Waals surface area contributed by atoms with Crippen LogP contribution in [0.1, 0.15) is 39.2 Å². The summed E-state index contributed by atoms with van der Waals surface area (Å²) in [5.41, 5.74) is 1.15. The molecule has 0 spiro atoms. The van der Waals surface area contributed by atoms with Crippen LogP contribution in [-0.2, 0) is 11.2 Å². The molecule has 1 heterocycles. The van der Waals surface area contributed by atoms with Crippen LogP contribution in [0.2, 0.25) is 5.02 Å². The molecular weight excluding hydrogens is 298 g/mol. The summed E-state index contributed by atoms with van der Waals surface area (Å²) in [7, 11) is 0. The van der Waals surface area contributed by atoms with Crippen molar-refractivity contribution in [2.45, 2.75) is 52.2 Å². The van der Waals surface area contributed by atoms with Gasteiger partial charge in [0.15, 0.2) is 0 Å². The summed E-state index contributed by atoms with van der Waals surface area (Å²) < 4.78 is 11.6. The molecule has 124 valence electrons. The summed E-state index contributed by atoms with van der Waals surface area (Å²) in [6, 6.07) is 5.92. The van der Waals surface area contributed by atoms with Crippen molar-refractivity contribution in [3.8, 4) is 5.75 Å². The van der Waals surface area contributed by atoms with E-state index in [1.165, 1.54) is 0 Å². The van der Waals surface area contributed by atoms with Gasteiger partial charge in [-0.05, 0) is 63.4 Å². The van der Waals surface area contributed by atoms with Crippen molar-refractivity contribution in [3.05, 3.63) is 28.8 Å². The third-order valence-corrected chi connectivity index (χ3v) is 4.40. The molecule has 1 aromatic carbocycles. The molecule has 0 saturated carbocycles. The second kappa shape index (κ2) is 8.76. The zero-order valence-electron chi connectivity index (χ0n) is 14.0. The van der Waals surface area contributed by atoms with Crippen LogP contribution in [0.25, 0.3) is 0 Å². The summed E-state index contributed by atoms with van der Waals surface area (Å²) in [5.74, 6) is 0.926. The maximum absolute atomic E-state index is 6.12. The van der Waals surface area contributed by atoms with Crippen molar-refractivity contribution in [1.29, 1.82) is 0 Å². The highest BCUT2D eigenvalue weighted by Gasteiger charge is 2.21. The molecule has 2 atom stereocenters. The lowest BCUT2D eigenvalue weighted by Crippen LogP contribution is -2.45. The van der Waals surface area contributed by atoms with Crippen molar-refractivity contribution >= 4 is 11.6 Å². The van der Waals surface area contributed by atoms with Gasteiger partial charge >= 0.3 is 0 Å². The quantitative estimate of drug-likeness (QED) is 0.702. The molecule has 1 saturated heterocycles. The molecular formula is C18H28ClNO2. The van der Waals surface area contributed by atoms with E-state index >= 15 is 0 Å². The monoisotopic (exact) mass is 325 g/mol. The second-order valence-electron chi connectivity index (χ2n) is 6.18. The molecule has 0 amide bonds. The minimum absolute atomic E-state index is 0.349. The van der Waals surface area contributed by atoms with Crippen molar-refractivity contribution < 1.29 is 9.47 Å². The molecule has 22 heavy (non-hydrogen) atoms. The minimum atomic E-state index is 0.349. The van der Waals surface area contributed by atoms with Crippen molar-refractivity contribution in [3.63, 3.8) is 0 Å². The molecule has 1 fully saturated rings. The fourth-order valence-corrected chi connectivity index (χ4v) is 3.26. The van der Waals surface area contributed by atoms with Crippen molar-refractivity contribution in [2.24, 2.45) is 0 Å². The van der Waals surface area contributed by atoms with Crippen LogP contribution in [0.4, 0.5) is 0 Å². The Kier molecular flexibility index (Phi) is 7.00. The Morgan fingerprint density at radius 2 is 1.95 bits per heavy atom. The van der Waals surface area contributed by atoms with Gasteiger partial charge in [-0.2, -0.15) is 0 Å². The topological polar surface area (TPSA) is 21.7 Å². The van der Waals surface area contributed by atoms with Crippen LogP contribution in [0.15, 0.2) is 18.2 Å². The van der Waals surface area contributed by atoms with Crippen LogP contribution in [0.5, 0.6) is 5.75 Å². The Hall–Kier alpha value is -0.770. The predicted molar refractivity (Wildman–Crippen MR) is 92.0 cm³/mol. The maximum Gasteiger partial charge on any atom is 0.119 e. The van der Waals surface area contributed by atoms with Crippen LogP contribution < -0.4 is 4.74 Å². The summed E-state index contributed by atoms with van der Waals surface area (Å²) in [5, 5.41) is 0.824. The van der Waals surface area contributed by atoms with Crippen molar-refractivity contribution in [2.75, 3.05) is 26.2 Å². The van der Waals surface area contributed by atoms with Crippen LogP contribution >= 0.6 is 11.6 Å². The lowest BCUT2D eigenvalue weighted by atomic mass is 10.1. The SMILES string of the molecule is CCc1cc(OCCCCN2C[C@@H](C)O[C@@H](C)C2)ccc1Cl. The fourth-order valence-electron chi connectivity index (χ4n) is 3.01. The fraction of sp³-hybridized carbons (Fsp3) is 0.667. The first kappa shape index (κ1) is 17.6. The molecule has 1 aromatic rings. The largest absolute Gasteiger partial charge is 0.494 e. The number of hydrogen-bond donors (Lipinski definition) is 0. The number of morpholine rings is 1. The highest BCUT2D eigenvalue weighted by atomic mass is 35.5. The van der Waals surface area contributed by atoms with Gasteiger partial charge in [0.2, 0.25) is 0 Å². The molecule has 3 nitrogen and oxygen atoms in total. The van der Waals surface area contributed by atoms with E-state index in [9.17, 15) is 0 Å². The van der Waals surface area contributed by atoms with Gasteiger partial charge in [0.1, 0.15) is 5.75 Å². The first-order chi connectivity index (χ1) is 10.6. The van der Waals surface area contributed by atoms with Gasteiger partial charge in [-0.15, -0.1) is 0 Å². The molecule has 1 aliphatic heterocycles. The number of nitrogens with zero attached hydrogens (tertiary/aromatic N) is 1. The summed E-state index contributed by atoms with van der Waals surface area (Å²) >= 11 is 6.12. The lowest BCUT2D eigenvalue weighted by molar-refractivity contribution is -0.0682. The number of hydrogen-bond acceptors (Lipinski definition) is 3. The van der Waals surface area contributed by atoms with Gasteiger partial charge < -0.3 is 9.47 Å². The molecule has 0 aliphatic carbocycles. The average molecular weight is 326 g/mol. The second-order valence-corrected chi connectivity index (χ2v) is 6.59. The normalized spacial score (nSPS) is 22.7. The molecule has 0 radical (unpaired) electrons. The summed E-state index contributed by atoms with van der Waals surface area (Å²) in [6.07, 6.45) is 3.87. The van der Waals surface area contributed by atoms with Crippen LogP contribution in [0, 0.1) is 0 Å². The molecule has 1 aliphatic rings. The van der Waals surface area contributed by atoms with E-state index in [2.05, 4.69) is 25.7 Å². The van der Waals surface area contributed by atoms with Gasteiger partial charge in [0, 0.05) is 18.1 Å². The van der Waals surface area contributed by atoms with Crippen molar-refractivity contribution in [1.82, 2.24) is 4.90 Å². The molecule has 0 N–H and O–H groups in total. The third kappa shape index (κ3) is 5.45. The first-order valence-electron chi connectivity index (χ1n) is 8.37. The van der Waals surface area contributed by atoms with E-state index < -0.39 is 0 Å². The zero-order chi connectivity index (χ0) is 15.9. The Balaban J connectivity index is 1.65. The smallest absolute Gasteiger partial charge is 0.119 e. The number of benzene rings is 1. The molecule has 4 heteroatoms. The Labute approximate surface area is 139 Å². The minimum Gasteiger partial charge on any atom is -0.494 e. The van der Waals surface area contributed by atoms with E-state index in [0.29, 0.717) is 12.2 Å². The molecule has 0 unspecified atom stereocenters. The zero-order valence-corrected chi connectivity index (χ0v) is 14.7. The van der Waals surface area contributed by atoms with Crippen LogP contribution in [-0.4, -0.2) is 43.3 Å². The number of rotatable bonds is 7. The highest BCUT2D eigenvalue weighted by molar-refractivity contribution is 6.31. The van der Waals surface area contributed by atoms with E-state index in [0.717, 1.165) is 61.8 Å². The maximum atomic E-state index is 6.12. The highest BCUT2D eigenvalue weighted by Crippen LogP contribution is 2.22. The Morgan fingerprint density at radius 3 is 2.64 bits per heavy atom. The van der Waals surface area contributed by atoms with Gasteiger partial charge in [-0.3, -0.25) is 4.90 Å². The number of ether oxygens (including phenoxy) is 2. The molecule has 0 aromatic heterocycles. The Morgan fingerprint density at radius 1 is 1.23 bits per heavy atom. The summed E-state index contributed by atoms with van der Waals surface area (Å²) in [4.78, 5) is 2.50. The van der Waals surface area contributed by atoms with E-state index in [-0.39, 0.29) is 0 Å². The van der Waals surface area contributed by atoms with Gasteiger partial charge in [0.05, 0.1) is 18.8 Å². The van der Waals surface area contributed by atoms with E-state index in [4.69, 9.17) is 21.1 Å². The van der Waals surface area contributed by atoms with Gasteiger partial charge in [-0.25, -0.2) is 0 Å². The third-order valence-electron chi connectivity index (χ3n) is 4.03. The number of aryl methyl sites for hydroxylation is 1. The average Bonchev–Trinajstić information content (AvgIpc) is 2.47.